The van der Waals surface area contributed by atoms with E-state index in [1.165, 1.54) is 0 Å². The molecule has 5 rings (SSSR count). The van der Waals surface area contributed by atoms with Crippen molar-refractivity contribution in [2.75, 3.05) is 31.1 Å². The molecule has 7 heteroatoms. The van der Waals surface area contributed by atoms with Gasteiger partial charge in [-0.15, -0.1) is 0 Å². The van der Waals surface area contributed by atoms with Gasteiger partial charge in [0.25, 0.3) is 0 Å². The summed E-state index contributed by atoms with van der Waals surface area (Å²) in [5.41, 5.74) is 3.56. The van der Waals surface area contributed by atoms with Crippen LogP contribution in [0.1, 0.15) is 34.6 Å². The predicted molar refractivity (Wildman–Crippen MR) is 125 cm³/mol. The van der Waals surface area contributed by atoms with Gasteiger partial charge in [-0.05, 0) is 36.2 Å². The fourth-order valence-electron chi connectivity index (χ4n) is 4.42. The highest BCUT2D eigenvalue weighted by atomic mass is 19.1. The summed E-state index contributed by atoms with van der Waals surface area (Å²) in [7, 11) is 0. The van der Waals surface area contributed by atoms with Crippen molar-refractivity contribution >= 4 is 5.69 Å². The molecule has 1 fully saturated rings. The fourth-order valence-corrected chi connectivity index (χ4v) is 4.42. The molecule has 1 aliphatic rings. The number of benzene rings is 2. The zero-order chi connectivity index (χ0) is 22.6. The Labute approximate surface area is 192 Å². The average molecular weight is 444 g/mol. The highest BCUT2D eigenvalue weighted by Gasteiger charge is 2.30. The molecule has 1 unspecified atom stereocenters. The van der Waals surface area contributed by atoms with Crippen LogP contribution in [0.4, 0.5) is 10.1 Å². The first-order valence-corrected chi connectivity index (χ1v) is 11.2. The monoisotopic (exact) mass is 443 g/mol. The molecular formula is C26H26FN5O. The zero-order valence-electron chi connectivity index (χ0n) is 18.6. The summed E-state index contributed by atoms with van der Waals surface area (Å²) in [6.45, 7) is 4.93. The lowest BCUT2D eigenvalue weighted by Crippen LogP contribution is -2.48. The second kappa shape index (κ2) is 9.50. The first kappa shape index (κ1) is 21.3. The SMILES string of the molecule is Cc1ccnc(Cc2ccc(N3CCN(C(c4ccccc4)c4ncco4)CC3)c(F)c2)n1. The molecule has 2 aromatic heterocycles. The molecule has 4 aromatic rings. The summed E-state index contributed by atoms with van der Waals surface area (Å²) in [5.74, 6) is 1.18. The van der Waals surface area contributed by atoms with Gasteiger partial charge in [-0.1, -0.05) is 36.4 Å². The summed E-state index contributed by atoms with van der Waals surface area (Å²) in [6, 6.07) is 17.5. The number of aryl methyl sites for hydroxylation is 1. The third-order valence-electron chi connectivity index (χ3n) is 6.04. The maximum absolute atomic E-state index is 15.0. The minimum Gasteiger partial charge on any atom is -0.447 e. The predicted octanol–water partition coefficient (Wildman–Crippen LogP) is 4.41. The second-order valence-corrected chi connectivity index (χ2v) is 8.28. The van der Waals surface area contributed by atoms with Crippen LogP contribution in [-0.2, 0) is 6.42 Å². The van der Waals surface area contributed by atoms with Gasteiger partial charge in [0, 0.05) is 44.5 Å². The number of rotatable bonds is 6. The van der Waals surface area contributed by atoms with E-state index in [0.29, 0.717) is 23.8 Å². The van der Waals surface area contributed by atoms with Crippen molar-refractivity contribution in [1.82, 2.24) is 19.9 Å². The molecule has 33 heavy (non-hydrogen) atoms. The van der Waals surface area contributed by atoms with Crippen molar-refractivity contribution in [3.8, 4) is 0 Å². The molecule has 0 saturated carbocycles. The Balaban J connectivity index is 1.28. The Kier molecular flexibility index (Phi) is 6.13. The number of oxazole rings is 1. The van der Waals surface area contributed by atoms with Crippen molar-refractivity contribution in [3.63, 3.8) is 0 Å². The molecule has 6 nitrogen and oxygen atoms in total. The smallest absolute Gasteiger partial charge is 0.215 e. The fraction of sp³-hybridized carbons (Fsp3) is 0.269. The maximum atomic E-state index is 15.0. The molecule has 0 N–H and O–H groups in total. The van der Waals surface area contributed by atoms with E-state index < -0.39 is 0 Å². The molecule has 1 aliphatic heterocycles. The first-order chi connectivity index (χ1) is 16.2. The van der Waals surface area contributed by atoms with E-state index in [1.807, 2.05) is 43.3 Å². The molecule has 2 aromatic carbocycles. The number of hydrogen-bond donors (Lipinski definition) is 0. The Hall–Kier alpha value is -3.58. The van der Waals surface area contributed by atoms with Gasteiger partial charge in [0.15, 0.2) is 0 Å². The highest BCUT2D eigenvalue weighted by molar-refractivity contribution is 5.50. The molecule has 0 radical (unpaired) electrons. The molecule has 1 saturated heterocycles. The van der Waals surface area contributed by atoms with E-state index in [-0.39, 0.29) is 11.9 Å². The van der Waals surface area contributed by atoms with E-state index in [0.717, 1.165) is 43.0 Å². The lowest BCUT2D eigenvalue weighted by atomic mass is 10.0. The number of hydrogen-bond acceptors (Lipinski definition) is 6. The van der Waals surface area contributed by atoms with E-state index in [2.05, 4.69) is 36.9 Å². The summed E-state index contributed by atoms with van der Waals surface area (Å²) in [6.07, 6.45) is 5.55. The second-order valence-electron chi connectivity index (χ2n) is 8.28. The van der Waals surface area contributed by atoms with Gasteiger partial charge >= 0.3 is 0 Å². The molecule has 0 bridgehead atoms. The van der Waals surface area contributed by atoms with Crippen LogP contribution in [0.5, 0.6) is 0 Å². The summed E-state index contributed by atoms with van der Waals surface area (Å²) in [5, 5.41) is 0. The van der Waals surface area contributed by atoms with Crippen LogP contribution >= 0.6 is 0 Å². The van der Waals surface area contributed by atoms with Crippen LogP contribution in [0.2, 0.25) is 0 Å². The van der Waals surface area contributed by atoms with E-state index in [1.54, 1.807) is 24.7 Å². The van der Waals surface area contributed by atoms with Gasteiger partial charge < -0.3 is 9.32 Å². The van der Waals surface area contributed by atoms with E-state index >= 15 is 4.39 Å². The van der Waals surface area contributed by atoms with Gasteiger partial charge in [0.2, 0.25) is 5.89 Å². The van der Waals surface area contributed by atoms with Crippen molar-refractivity contribution in [2.24, 2.45) is 0 Å². The van der Waals surface area contributed by atoms with Gasteiger partial charge in [-0.25, -0.2) is 19.3 Å². The third kappa shape index (κ3) is 4.78. The molecular weight excluding hydrogens is 417 g/mol. The minimum atomic E-state index is -0.207. The van der Waals surface area contributed by atoms with Crippen LogP contribution in [0.25, 0.3) is 0 Å². The standard InChI is InChI=1S/C26H26FN5O/c1-19-9-10-28-24(30-19)18-20-7-8-23(22(27)17-20)31-12-14-32(15-13-31)25(26-29-11-16-33-26)21-5-3-2-4-6-21/h2-11,16-17,25H,12-15,18H2,1H3. The van der Waals surface area contributed by atoms with E-state index in [9.17, 15) is 0 Å². The number of nitrogens with zero attached hydrogens (tertiary/aromatic N) is 5. The average Bonchev–Trinajstić information content (AvgIpc) is 3.35. The number of anilines is 1. The summed E-state index contributed by atoms with van der Waals surface area (Å²) in [4.78, 5) is 17.6. The molecule has 1 atom stereocenters. The zero-order valence-corrected chi connectivity index (χ0v) is 18.6. The number of halogens is 1. The number of aromatic nitrogens is 3. The largest absolute Gasteiger partial charge is 0.447 e. The topological polar surface area (TPSA) is 58.3 Å². The Bertz CT molecular complexity index is 1190. The van der Waals surface area contributed by atoms with Gasteiger partial charge in [-0.3, -0.25) is 4.90 Å². The molecule has 168 valence electrons. The normalized spacial score (nSPS) is 15.5. The number of piperazine rings is 1. The van der Waals surface area contributed by atoms with Crippen molar-refractivity contribution < 1.29 is 8.81 Å². The Morgan fingerprint density at radius 1 is 0.970 bits per heavy atom. The van der Waals surface area contributed by atoms with Crippen molar-refractivity contribution in [3.05, 3.63) is 108 Å². The van der Waals surface area contributed by atoms with Gasteiger partial charge in [-0.2, -0.15) is 0 Å². The lowest BCUT2D eigenvalue weighted by Gasteiger charge is -2.39. The molecule has 3 heterocycles. The highest BCUT2D eigenvalue weighted by Crippen LogP contribution is 2.30. The summed E-state index contributed by atoms with van der Waals surface area (Å²) >= 11 is 0. The van der Waals surface area contributed by atoms with Crippen LogP contribution < -0.4 is 4.90 Å². The van der Waals surface area contributed by atoms with Crippen molar-refractivity contribution in [2.45, 2.75) is 19.4 Å². The maximum Gasteiger partial charge on any atom is 0.215 e. The van der Waals surface area contributed by atoms with Crippen LogP contribution in [0.15, 0.2) is 77.7 Å². The van der Waals surface area contributed by atoms with Gasteiger partial charge in [0.1, 0.15) is 23.9 Å². The summed E-state index contributed by atoms with van der Waals surface area (Å²) < 4.78 is 20.7. The molecule has 0 spiro atoms. The Morgan fingerprint density at radius 2 is 1.79 bits per heavy atom. The van der Waals surface area contributed by atoms with Crippen LogP contribution in [-0.4, -0.2) is 46.0 Å². The van der Waals surface area contributed by atoms with E-state index in [4.69, 9.17) is 4.42 Å². The van der Waals surface area contributed by atoms with Crippen LogP contribution in [0, 0.1) is 12.7 Å². The molecule has 0 aliphatic carbocycles. The first-order valence-electron chi connectivity index (χ1n) is 11.2. The quantitative estimate of drug-likeness (QED) is 0.440. The van der Waals surface area contributed by atoms with Crippen molar-refractivity contribution in [1.29, 1.82) is 0 Å². The van der Waals surface area contributed by atoms with Crippen LogP contribution in [0.3, 0.4) is 0 Å². The third-order valence-corrected chi connectivity index (χ3v) is 6.04. The molecule has 0 amide bonds. The minimum absolute atomic E-state index is 0.0510. The Morgan fingerprint density at radius 3 is 2.48 bits per heavy atom. The lowest BCUT2D eigenvalue weighted by molar-refractivity contribution is 0.187. The van der Waals surface area contributed by atoms with Gasteiger partial charge in [0.05, 0.1) is 11.9 Å².